The van der Waals surface area contributed by atoms with Crippen LogP contribution in [0.4, 0.5) is 0 Å². The summed E-state index contributed by atoms with van der Waals surface area (Å²) in [6, 6.07) is 5.13. The van der Waals surface area contributed by atoms with Gasteiger partial charge >= 0.3 is 5.97 Å². The van der Waals surface area contributed by atoms with E-state index in [2.05, 4.69) is 0 Å². The Kier molecular flexibility index (Phi) is 6.32. The highest BCUT2D eigenvalue weighted by Crippen LogP contribution is 2.24. The van der Waals surface area contributed by atoms with Crippen LogP contribution in [0.5, 0.6) is 0 Å². The van der Waals surface area contributed by atoms with E-state index in [9.17, 15) is 4.79 Å². The van der Waals surface area contributed by atoms with Crippen molar-refractivity contribution in [3.8, 4) is 0 Å². The van der Waals surface area contributed by atoms with Crippen molar-refractivity contribution in [2.24, 2.45) is 0 Å². The quantitative estimate of drug-likeness (QED) is 0.837. The number of esters is 1. The normalized spacial score (nSPS) is 9.27. The number of rotatable bonds is 3. The van der Waals surface area contributed by atoms with Gasteiger partial charge in [0.15, 0.2) is 0 Å². The zero-order valence-corrected chi connectivity index (χ0v) is 9.94. The van der Waals surface area contributed by atoms with Gasteiger partial charge in [-0.1, -0.05) is 29.3 Å². The Bertz CT molecular complexity index is 322. The molecule has 1 aromatic rings. The molecule has 0 saturated heterocycles. The zero-order valence-electron chi connectivity index (χ0n) is 8.43. The Labute approximate surface area is 98.9 Å². The summed E-state index contributed by atoms with van der Waals surface area (Å²) in [5.74, 6) is -0.317. The minimum Gasteiger partial charge on any atom is -0.466 e. The molecule has 0 atom stereocenters. The minimum atomic E-state index is -0.317. The SMILES string of the molecule is CCOC(=O)Cc1c(Cl)cccc1Cl.N. The van der Waals surface area contributed by atoms with Crippen molar-refractivity contribution in [3.63, 3.8) is 0 Å². The first-order valence-corrected chi connectivity index (χ1v) is 4.99. The number of halogens is 2. The first-order valence-electron chi connectivity index (χ1n) is 4.23. The first-order chi connectivity index (χ1) is 6.65. The van der Waals surface area contributed by atoms with Crippen LogP contribution in [0.3, 0.4) is 0 Å². The number of ether oxygens (including phenoxy) is 1. The number of hydrogen-bond donors (Lipinski definition) is 1. The van der Waals surface area contributed by atoms with E-state index < -0.39 is 0 Å². The summed E-state index contributed by atoms with van der Waals surface area (Å²) in [5.41, 5.74) is 0.620. The van der Waals surface area contributed by atoms with Crippen LogP contribution < -0.4 is 6.15 Å². The maximum atomic E-state index is 11.2. The lowest BCUT2D eigenvalue weighted by molar-refractivity contribution is -0.142. The molecule has 0 unspecified atom stereocenters. The Hall–Kier alpha value is -0.770. The Balaban J connectivity index is 0.00000196. The van der Waals surface area contributed by atoms with Gasteiger partial charge in [0.05, 0.1) is 13.0 Å². The topological polar surface area (TPSA) is 61.3 Å². The molecule has 0 radical (unpaired) electrons. The Morgan fingerprint density at radius 2 is 1.87 bits per heavy atom. The average Bonchev–Trinajstić information content (AvgIpc) is 2.12. The van der Waals surface area contributed by atoms with Crippen molar-refractivity contribution >= 4 is 29.2 Å². The highest BCUT2D eigenvalue weighted by molar-refractivity contribution is 6.36. The molecule has 5 heteroatoms. The molecule has 0 fully saturated rings. The number of carbonyl (C=O) groups is 1. The van der Waals surface area contributed by atoms with Crippen LogP contribution in [0.2, 0.25) is 10.0 Å². The summed E-state index contributed by atoms with van der Waals surface area (Å²) >= 11 is 11.8. The van der Waals surface area contributed by atoms with Crippen LogP contribution in [0.15, 0.2) is 18.2 Å². The van der Waals surface area contributed by atoms with E-state index >= 15 is 0 Å². The van der Waals surface area contributed by atoms with Crippen molar-refractivity contribution in [2.75, 3.05) is 6.61 Å². The number of benzene rings is 1. The lowest BCUT2D eigenvalue weighted by Gasteiger charge is -2.05. The molecule has 0 bridgehead atoms. The van der Waals surface area contributed by atoms with Gasteiger partial charge in [-0.15, -0.1) is 0 Å². The Morgan fingerprint density at radius 3 is 2.33 bits per heavy atom. The summed E-state index contributed by atoms with van der Waals surface area (Å²) in [6.07, 6.45) is 0.117. The minimum absolute atomic E-state index is 0. The van der Waals surface area contributed by atoms with Gasteiger partial charge in [0.25, 0.3) is 0 Å². The molecule has 1 rings (SSSR count). The van der Waals surface area contributed by atoms with Crippen molar-refractivity contribution in [1.82, 2.24) is 6.15 Å². The fraction of sp³-hybridized carbons (Fsp3) is 0.300. The smallest absolute Gasteiger partial charge is 0.310 e. The van der Waals surface area contributed by atoms with Gasteiger partial charge in [-0.2, -0.15) is 0 Å². The largest absolute Gasteiger partial charge is 0.466 e. The molecule has 15 heavy (non-hydrogen) atoms. The van der Waals surface area contributed by atoms with Crippen LogP contribution in [0, 0.1) is 0 Å². The summed E-state index contributed by atoms with van der Waals surface area (Å²) < 4.78 is 4.80. The third-order valence-electron chi connectivity index (χ3n) is 1.69. The molecule has 0 heterocycles. The lowest BCUT2D eigenvalue weighted by Crippen LogP contribution is -2.08. The van der Waals surface area contributed by atoms with E-state index in [-0.39, 0.29) is 18.5 Å². The fourth-order valence-electron chi connectivity index (χ4n) is 1.06. The first kappa shape index (κ1) is 14.2. The number of hydrogen-bond acceptors (Lipinski definition) is 3. The van der Waals surface area contributed by atoms with Gasteiger partial charge in [0.2, 0.25) is 0 Å². The van der Waals surface area contributed by atoms with E-state index in [1.807, 2.05) is 0 Å². The van der Waals surface area contributed by atoms with Crippen molar-refractivity contribution in [1.29, 1.82) is 0 Å². The Morgan fingerprint density at radius 1 is 1.33 bits per heavy atom. The number of carbonyl (C=O) groups excluding carboxylic acids is 1. The molecule has 1 aromatic carbocycles. The van der Waals surface area contributed by atoms with Crippen molar-refractivity contribution in [3.05, 3.63) is 33.8 Å². The molecule has 0 aromatic heterocycles. The van der Waals surface area contributed by atoms with E-state index in [4.69, 9.17) is 27.9 Å². The van der Waals surface area contributed by atoms with Crippen molar-refractivity contribution < 1.29 is 9.53 Å². The average molecular weight is 250 g/mol. The molecule has 3 nitrogen and oxygen atoms in total. The summed E-state index contributed by atoms with van der Waals surface area (Å²) in [7, 11) is 0. The third kappa shape index (κ3) is 4.08. The van der Waals surface area contributed by atoms with Crippen LogP contribution in [0.25, 0.3) is 0 Å². The van der Waals surface area contributed by atoms with Gasteiger partial charge in [0, 0.05) is 15.6 Å². The zero-order chi connectivity index (χ0) is 10.6. The predicted molar refractivity (Wildman–Crippen MR) is 61.8 cm³/mol. The molecule has 0 saturated carbocycles. The fourth-order valence-corrected chi connectivity index (χ4v) is 1.59. The molecular weight excluding hydrogens is 237 g/mol. The van der Waals surface area contributed by atoms with Crippen LogP contribution in [0.1, 0.15) is 12.5 Å². The molecule has 84 valence electrons. The van der Waals surface area contributed by atoms with Crippen LogP contribution >= 0.6 is 23.2 Å². The molecule has 0 aliphatic heterocycles. The van der Waals surface area contributed by atoms with Gasteiger partial charge in [0.1, 0.15) is 0 Å². The summed E-state index contributed by atoms with van der Waals surface area (Å²) in [5, 5.41) is 0.983. The van der Waals surface area contributed by atoms with E-state index in [0.717, 1.165) is 0 Å². The lowest BCUT2D eigenvalue weighted by atomic mass is 10.1. The summed E-state index contributed by atoms with van der Waals surface area (Å²) in [6.45, 7) is 2.12. The summed E-state index contributed by atoms with van der Waals surface area (Å²) in [4.78, 5) is 11.2. The molecule has 3 N–H and O–H groups in total. The van der Waals surface area contributed by atoms with Gasteiger partial charge in [-0.05, 0) is 19.1 Å². The molecule has 0 aliphatic carbocycles. The highest BCUT2D eigenvalue weighted by Gasteiger charge is 2.10. The van der Waals surface area contributed by atoms with Crippen molar-refractivity contribution in [2.45, 2.75) is 13.3 Å². The van der Waals surface area contributed by atoms with E-state index in [1.165, 1.54) is 0 Å². The second kappa shape index (κ2) is 6.67. The highest BCUT2D eigenvalue weighted by atomic mass is 35.5. The molecule has 0 spiro atoms. The van der Waals surface area contributed by atoms with E-state index in [1.54, 1.807) is 25.1 Å². The maximum absolute atomic E-state index is 11.2. The van der Waals surface area contributed by atoms with Gasteiger partial charge in [-0.25, -0.2) is 0 Å². The molecular formula is C10H13Cl2NO2. The maximum Gasteiger partial charge on any atom is 0.310 e. The van der Waals surface area contributed by atoms with Gasteiger partial charge in [-0.3, -0.25) is 4.79 Å². The second-order valence-electron chi connectivity index (χ2n) is 2.68. The van der Waals surface area contributed by atoms with E-state index in [0.29, 0.717) is 22.2 Å². The molecule has 0 amide bonds. The third-order valence-corrected chi connectivity index (χ3v) is 2.40. The molecule has 0 aliphatic rings. The standard InChI is InChI=1S/C10H10Cl2O2.H3N/c1-2-14-10(13)6-7-8(11)4-3-5-9(7)12;/h3-5H,2,6H2,1H3;1H3. The predicted octanol–water partition coefficient (Wildman–Crippen LogP) is 3.26. The van der Waals surface area contributed by atoms with Crippen LogP contribution in [-0.2, 0) is 16.0 Å². The monoisotopic (exact) mass is 249 g/mol. The van der Waals surface area contributed by atoms with Gasteiger partial charge < -0.3 is 10.9 Å². The van der Waals surface area contributed by atoms with Crippen LogP contribution in [-0.4, -0.2) is 12.6 Å². The second-order valence-corrected chi connectivity index (χ2v) is 3.50.